The lowest BCUT2D eigenvalue weighted by molar-refractivity contribution is -0.113. The van der Waals surface area contributed by atoms with E-state index < -0.39 is 6.02 Å². The molecule has 242 valence electrons. The van der Waals surface area contributed by atoms with Crippen molar-refractivity contribution < 1.29 is 33.6 Å². The van der Waals surface area contributed by atoms with Crippen LogP contribution in [-0.2, 0) is 4.79 Å². The van der Waals surface area contributed by atoms with Crippen LogP contribution in [-0.4, -0.2) is 68.4 Å². The van der Waals surface area contributed by atoms with Gasteiger partial charge in [-0.05, 0) is 17.3 Å². The van der Waals surface area contributed by atoms with Crippen LogP contribution in [0.25, 0.3) is 0 Å². The molecular formula is C29H19N13O7. The number of nitrogens with zero attached hydrogens (tertiary/aromatic N) is 12. The van der Waals surface area contributed by atoms with Crippen molar-refractivity contribution in [2.24, 2.45) is 9.98 Å². The van der Waals surface area contributed by atoms with E-state index in [-0.39, 0.29) is 71.0 Å². The number of carbonyl (C=O) groups is 1. The highest BCUT2D eigenvalue weighted by atomic mass is 16.6. The van der Waals surface area contributed by atoms with Crippen LogP contribution in [0.15, 0.2) is 114 Å². The predicted molar refractivity (Wildman–Crippen MR) is 163 cm³/mol. The molecule has 0 fully saturated rings. The minimum Gasteiger partial charge on any atom is -0.479 e. The van der Waals surface area contributed by atoms with Crippen LogP contribution in [0.3, 0.4) is 0 Å². The Morgan fingerprint density at radius 2 is 1.57 bits per heavy atom. The molecule has 0 saturated carbocycles. The van der Waals surface area contributed by atoms with Crippen molar-refractivity contribution in [3.05, 3.63) is 104 Å². The highest BCUT2D eigenvalue weighted by molar-refractivity contribution is 6.37. The summed E-state index contributed by atoms with van der Waals surface area (Å²) < 4.78 is 29.3. The number of anilines is 1. The van der Waals surface area contributed by atoms with Crippen LogP contribution < -0.4 is 34.1 Å². The molecule has 1 aromatic carbocycles. The maximum Gasteiger partial charge on any atom is 0.325 e. The number of aliphatic hydroxyl groups excluding tert-OH is 1. The van der Waals surface area contributed by atoms with Gasteiger partial charge in [0.05, 0.1) is 18.1 Å². The van der Waals surface area contributed by atoms with Crippen molar-refractivity contribution >= 4 is 23.4 Å². The molecule has 20 heteroatoms. The second-order valence-corrected chi connectivity index (χ2v) is 9.29. The number of hydrogen-bond donors (Lipinski definition) is 2. The number of allylic oxidation sites excluding steroid dienone is 1. The summed E-state index contributed by atoms with van der Waals surface area (Å²) in [6, 6.07) is 12.4. The van der Waals surface area contributed by atoms with Crippen molar-refractivity contribution in [1.29, 1.82) is 0 Å². The number of nitrogens with one attached hydrogen (secondary N) is 1. The first kappa shape index (κ1) is 30.0. The number of aliphatic imine (C=N–C) groups is 2. The number of aromatic nitrogens is 9. The van der Waals surface area contributed by atoms with E-state index in [1.807, 2.05) is 6.07 Å². The average molecular weight is 662 g/mol. The number of para-hydroxylation sites is 1. The fraction of sp³-hybridized carbons (Fsp3) is 0.0345. The highest BCUT2D eigenvalue weighted by Crippen LogP contribution is 2.35. The zero-order valence-corrected chi connectivity index (χ0v) is 24.6. The number of hydrogen-bond acceptors (Lipinski definition) is 19. The van der Waals surface area contributed by atoms with Gasteiger partial charge in [-0.15, -0.1) is 10.2 Å². The molecule has 0 radical (unpaired) electrons. The zero-order chi connectivity index (χ0) is 33.4. The lowest BCUT2D eigenvalue weighted by Crippen LogP contribution is -2.47. The minimum absolute atomic E-state index is 0.00128. The Bertz CT molecular complexity index is 2110. The maximum absolute atomic E-state index is 12.1. The molecule has 2 aliphatic heterocycles. The molecule has 49 heavy (non-hydrogen) atoms. The molecule has 0 aliphatic carbocycles. The van der Waals surface area contributed by atoms with E-state index in [4.69, 9.17) is 23.7 Å². The second-order valence-electron chi connectivity index (χ2n) is 9.29. The first-order valence-corrected chi connectivity index (χ1v) is 14.0. The summed E-state index contributed by atoms with van der Waals surface area (Å²) in [5.41, 5.74) is 3.21. The van der Waals surface area contributed by atoms with E-state index in [2.05, 4.69) is 61.0 Å². The molecule has 0 unspecified atom stereocenters. The Morgan fingerprint density at radius 3 is 2.39 bits per heavy atom. The van der Waals surface area contributed by atoms with Gasteiger partial charge in [0, 0.05) is 49.4 Å². The van der Waals surface area contributed by atoms with Crippen molar-refractivity contribution in [1.82, 2.24) is 51.0 Å². The first-order valence-electron chi connectivity index (χ1n) is 14.0. The third-order valence-corrected chi connectivity index (χ3v) is 6.02. The van der Waals surface area contributed by atoms with Gasteiger partial charge in [0.25, 0.3) is 35.3 Å². The Morgan fingerprint density at radius 1 is 0.755 bits per heavy atom. The Balaban J connectivity index is 1.18. The number of benzene rings is 1. The van der Waals surface area contributed by atoms with Crippen LogP contribution in [0.2, 0.25) is 0 Å². The Labute approximate surface area is 274 Å². The topological polar surface area (TPSA) is 239 Å². The van der Waals surface area contributed by atoms with Gasteiger partial charge >= 0.3 is 12.0 Å². The molecule has 0 saturated heterocycles. The van der Waals surface area contributed by atoms with E-state index >= 15 is 0 Å². The number of amidine groups is 1. The van der Waals surface area contributed by atoms with Crippen molar-refractivity contribution in [3.63, 3.8) is 0 Å². The molecule has 4 aromatic heterocycles. The number of rotatable bonds is 10. The molecular weight excluding hydrogens is 642 g/mol. The van der Waals surface area contributed by atoms with Gasteiger partial charge in [0.1, 0.15) is 0 Å². The molecule has 2 N–H and O–H groups in total. The largest absolute Gasteiger partial charge is 0.479 e. The van der Waals surface area contributed by atoms with Gasteiger partial charge in [-0.1, -0.05) is 29.4 Å². The van der Waals surface area contributed by atoms with Crippen LogP contribution in [0, 0.1) is 0 Å². The molecule has 5 aromatic rings. The summed E-state index contributed by atoms with van der Waals surface area (Å²) in [5.74, 6) is -1.27. The third kappa shape index (κ3) is 7.12. The van der Waals surface area contributed by atoms with E-state index in [0.717, 1.165) is 0 Å². The summed E-state index contributed by atoms with van der Waals surface area (Å²) in [5, 5.41) is 30.7. The fourth-order valence-electron chi connectivity index (χ4n) is 3.96. The van der Waals surface area contributed by atoms with E-state index in [1.165, 1.54) is 60.4 Å². The molecule has 7 rings (SSSR count). The number of aliphatic hydroxyl groups is 1. The van der Waals surface area contributed by atoms with Gasteiger partial charge in [0.2, 0.25) is 17.5 Å². The molecule has 20 nitrogen and oxygen atoms in total. The molecule has 0 amide bonds. The van der Waals surface area contributed by atoms with Crippen LogP contribution in [0.1, 0.15) is 6.42 Å². The summed E-state index contributed by atoms with van der Waals surface area (Å²) in [6.45, 7) is 0. The molecule has 6 heterocycles. The van der Waals surface area contributed by atoms with Gasteiger partial charge in [-0.2, -0.15) is 15.1 Å². The van der Waals surface area contributed by atoms with Crippen LogP contribution in [0.5, 0.6) is 41.2 Å². The van der Waals surface area contributed by atoms with Gasteiger partial charge in [0.15, 0.2) is 5.75 Å². The summed E-state index contributed by atoms with van der Waals surface area (Å²) in [4.78, 5) is 36.8. The van der Waals surface area contributed by atoms with E-state index in [9.17, 15) is 9.90 Å². The normalized spacial score (nSPS) is 14.0. The fourth-order valence-corrected chi connectivity index (χ4v) is 3.96. The highest BCUT2D eigenvalue weighted by Gasteiger charge is 2.30. The Kier molecular flexibility index (Phi) is 8.45. The molecule has 2 aliphatic rings. The number of carbonyl (C=O) groups excluding carboxylic acids is 1. The van der Waals surface area contributed by atoms with E-state index in [0.29, 0.717) is 5.69 Å². The monoisotopic (exact) mass is 661 g/mol. The standard InChI is InChI=1S/C29H19N13O7/c43-18-7-4-11-30-22(18)46-20-9-12-33-29(36-20)45-19-8-13-34-39-23(19)48-24-25(32-16-15-31-24)49-27-26(47-21-10-14-35-41-38-21)37-28(44)40-42(27)17-5-2-1-3-6-17/h1-6,8-16H,7H2,(H2,37,40,44). The van der Waals surface area contributed by atoms with Crippen molar-refractivity contribution in [3.8, 4) is 41.2 Å². The van der Waals surface area contributed by atoms with Gasteiger partial charge in [-0.3, -0.25) is 4.79 Å². The zero-order valence-electron chi connectivity index (χ0n) is 24.6. The van der Waals surface area contributed by atoms with Crippen LogP contribution in [0.4, 0.5) is 5.69 Å². The predicted octanol–water partition coefficient (Wildman–Crippen LogP) is 2.61. The first-order chi connectivity index (χ1) is 24.1. The molecule has 0 bridgehead atoms. The van der Waals surface area contributed by atoms with E-state index in [1.54, 1.807) is 30.3 Å². The van der Waals surface area contributed by atoms with Crippen molar-refractivity contribution in [2.45, 2.75) is 6.42 Å². The molecule has 0 spiro atoms. The third-order valence-electron chi connectivity index (χ3n) is 6.02. The van der Waals surface area contributed by atoms with Gasteiger partial charge in [-0.25, -0.2) is 30.4 Å². The summed E-state index contributed by atoms with van der Waals surface area (Å²) in [7, 11) is 0. The summed E-state index contributed by atoms with van der Waals surface area (Å²) >= 11 is 0. The number of ketones is 1. The lowest BCUT2D eigenvalue weighted by Gasteiger charge is -2.30. The number of hydrazine groups is 1. The SMILES string of the molecule is O=C1CC=CN=C1Oc1ccnc(Oc2ccnnc2Oc2nccnc2OC2=C(Oc3ccnnn3)N=C(O)NN2c2ccccc2)n1. The molecule has 0 atom stereocenters. The lowest BCUT2D eigenvalue weighted by atomic mass is 10.2. The van der Waals surface area contributed by atoms with Crippen LogP contribution >= 0.6 is 0 Å². The smallest absolute Gasteiger partial charge is 0.325 e. The minimum atomic E-state index is -0.517. The van der Waals surface area contributed by atoms with Crippen molar-refractivity contribution in [2.75, 3.05) is 5.01 Å². The van der Waals surface area contributed by atoms with Gasteiger partial charge < -0.3 is 28.8 Å². The second kappa shape index (κ2) is 13.8. The number of Topliss-reactive ketones (excluding diaryl/α,β-unsaturated/α-hetero) is 1. The number of ether oxygens (including phenoxy) is 5. The summed E-state index contributed by atoms with van der Waals surface area (Å²) in [6.07, 6.45) is 10.0. The quantitative estimate of drug-likeness (QED) is 0.218. The maximum atomic E-state index is 12.1. The Hall–Kier alpha value is -7.64. The average Bonchev–Trinajstić information content (AvgIpc) is 3.13.